The number of nitrogens with zero attached hydrogens (tertiary/aromatic N) is 12. The number of aromatic nitrogens is 16. The van der Waals surface area contributed by atoms with E-state index in [0.29, 0.717) is 114 Å². The molecule has 0 radical (unpaired) electrons. The predicted molar refractivity (Wildman–Crippen MR) is 312 cm³/mol. The van der Waals surface area contributed by atoms with Gasteiger partial charge in [0.25, 0.3) is 0 Å². The molecule has 14 aromatic rings. The Labute approximate surface area is 488 Å². The third kappa shape index (κ3) is 7.39. The van der Waals surface area contributed by atoms with Crippen molar-refractivity contribution in [2.45, 2.75) is 0 Å². The van der Waals surface area contributed by atoms with Crippen molar-refractivity contribution in [2.75, 3.05) is 0 Å². The summed E-state index contributed by atoms with van der Waals surface area (Å²) in [4.78, 5) is 76.7. The second-order valence-corrected chi connectivity index (χ2v) is 20.0. The van der Waals surface area contributed by atoms with Crippen LogP contribution in [0.1, 0.15) is 0 Å². The summed E-state index contributed by atoms with van der Waals surface area (Å²) < 4.78 is 7.27. The first kappa shape index (κ1) is 48.2. The van der Waals surface area contributed by atoms with Crippen molar-refractivity contribution in [3.05, 3.63) is 182 Å². The predicted octanol–water partition coefficient (Wildman–Crippen LogP) is 13.8. The fourth-order valence-electron chi connectivity index (χ4n) is 11.6. The molecule has 17 nitrogen and oxygen atoms in total. The van der Waals surface area contributed by atoms with E-state index in [1.165, 1.54) is 0 Å². The summed E-state index contributed by atoms with van der Waals surface area (Å²) >= 11 is 0. The van der Waals surface area contributed by atoms with Crippen molar-refractivity contribution in [3.63, 3.8) is 0 Å². The van der Waals surface area contributed by atoms with Crippen molar-refractivity contribution in [3.8, 4) is 103 Å². The Morgan fingerprint density at radius 3 is 0.675 bits per heavy atom. The van der Waals surface area contributed by atoms with Crippen LogP contribution in [0.3, 0.4) is 0 Å². The smallest absolute Gasteiger partial charge is 0.164 e. The number of hydrogen-bond acceptors (Lipinski definition) is 13. The number of aromatic amines is 4. The molecule has 8 aromatic carbocycles. The topological polar surface area (TPSA) is 227 Å². The summed E-state index contributed by atoms with van der Waals surface area (Å²) in [5.41, 5.74) is 11.1. The molecule has 19 heteroatoms. The Morgan fingerprint density at radius 1 is 0.205 bits per heavy atom. The maximum absolute atomic E-state index is 7.27. The van der Waals surface area contributed by atoms with Gasteiger partial charge in [-0.15, -0.1) is 0 Å². The van der Waals surface area contributed by atoms with E-state index in [-0.39, 0.29) is 34.1 Å². The minimum Gasteiger partial charge on any atom is -0.456 e. The average Bonchev–Trinajstić information content (AvgIpc) is 4.58. The minimum atomic E-state index is 0. The molecule has 0 fully saturated rings. The largest absolute Gasteiger partial charge is 0.456 e. The fraction of sp³-hybridized carbons (Fsp3) is 0. The molecule has 0 unspecified atom stereocenters. The molecule has 4 aliphatic rings. The van der Waals surface area contributed by atoms with Gasteiger partial charge in [0.2, 0.25) is 0 Å². The molecule has 83 heavy (non-hydrogen) atoms. The number of H-pyrrole nitrogens is 4. The van der Waals surface area contributed by atoms with E-state index in [1.54, 1.807) is 0 Å². The Morgan fingerprint density at radius 2 is 0.410 bits per heavy atom. The normalized spacial score (nSPS) is 11.9. The van der Waals surface area contributed by atoms with Gasteiger partial charge in [-0.2, -0.15) is 0 Å². The van der Waals surface area contributed by atoms with Crippen molar-refractivity contribution < 1.29 is 38.9 Å². The molecule has 0 saturated carbocycles. The molecule has 0 saturated heterocycles. The van der Waals surface area contributed by atoms with Crippen LogP contribution in [0.2, 0.25) is 0 Å². The van der Waals surface area contributed by atoms with Gasteiger partial charge in [-0.1, -0.05) is 170 Å². The zero-order chi connectivity index (χ0) is 52.9. The van der Waals surface area contributed by atoms with Crippen molar-refractivity contribution in [1.82, 2.24) is 79.7 Å². The third-order valence-corrected chi connectivity index (χ3v) is 15.3. The van der Waals surface area contributed by atoms with Gasteiger partial charge in [0.1, 0.15) is 56.7 Å². The second-order valence-electron chi connectivity index (χ2n) is 20.0. The first-order chi connectivity index (χ1) is 40.1. The number of rotatable bonds is 2. The molecule has 0 aliphatic carbocycles. The van der Waals surface area contributed by atoms with Crippen LogP contribution < -0.4 is 4.74 Å². The van der Waals surface area contributed by atoms with Gasteiger partial charge in [0.05, 0.1) is 10.8 Å². The van der Waals surface area contributed by atoms with Gasteiger partial charge in [-0.25, -0.2) is 59.8 Å². The van der Waals surface area contributed by atoms with E-state index in [1.807, 2.05) is 182 Å². The van der Waals surface area contributed by atoms with Gasteiger partial charge >= 0.3 is 0 Å². The van der Waals surface area contributed by atoms with E-state index in [2.05, 4.69) is 19.9 Å². The first-order valence-electron chi connectivity index (χ1n) is 26.2. The van der Waals surface area contributed by atoms with Crippen LogP contribution >= 0.6 is 0 Å². The van der Waals surface area contributed by atoms with Crippen LogP contribution in [-0.4, -0.2) is 79.7 Å². The Balaban J connectivity index is 0.00000282. The standard InChI is InChI=1S/C64H34N16O.2Fe/c1-3-17-33-31(15-1)49-65-51(33)69-55-39-23-9-11-25-41(39)59(73-55)77-63-47-43(61(79-63)75-57-37-21-7-5-19-35(37)53(67-49)71-57)27-13-29-45(47)81-46-30-14-28-44-48(46)64-78-60-42-26-12-10-24-40(42)56(74-60)70-52-34-18-4-2-16-32(34)50(66-52)68-54-36-20-6-8-22-38(36)58(72-54)76-62(44)80-64;;/h1-30H,(H2,65,67,69,71,73,75,77,79)(H2,66,68,70,72,74,76,78,80);;. The van der Waals surface area contributed by atoms with Crippen LogP contribution in [0, 0.1) is 0 Å². The second kappa shape index (κ2) is 18.4. The van der Waals surface area contributed by atoms with E-state index >= 15 is 0 Å². The maximum atomic E-state index is 7.27. The molecular formula is C64H34Fe2N16O. The number of fused-ring (bicyclic) bond motifs is 40. The van der Waals surface area contributed by atoms with Gasteiger partial charge < -0.3 is 24.7 Å². The summed E-state index contributed by atoms with van der Waals surface area (Å²) in [5.74, 6) is 4.94. The molecule has 10 heterocycles. The molecule has 392 valence electrons. The molecule has 0 spiro atoms. The summed E-state index contributed by atoms with van der Waals surface area (Å²) in [5, 5.41) is 6.39. The number of hydrogen-bond donors (Lipinski definition) is 4. The van der Waals surface area contributed by atoms with Gasteiger partial charge in [-0.3, -0.25) is 0 Å². The average molecular weight is 1150 g/mol. The van der Waals surface area contributed by atoms with Crippen molar-refractivity contribution >= 4 is 88.3 Å². The molecule has 18 rings (SSSR count). The van der Waals surface area contributed by atoms with E-state index < -0.39 is 0 Å². The zero-order valence-electron chi connectivity index (χ0n) is 42.8. The molecular weight excluding hydrogens is 1120 g/mol. The zero-order valence-corrected chi connectivity index (χ0v) is 45.0. The van der Waals surface area contributed by atoms with Crippen LogP contribution in [0.25, 0.3) is 179 Å². The molecule has 6 aromatic heterocycles. The van der Waals surface area contributed by atoms with Crippen LogP contribution in [-0.2, 0) is 34.1 Å². The summed E-state index contributed by atoms with van der Waals surface area (Å²) in [6, 6.07) is 59.7. The summed E-state index contributed by atoms with van der Waals surface area (Å²) in [6.07, 6.45) is 0. The number of nitrogens with one attached hydrogen (secondary N) is 4. The van der Waals surface area contributed by atoms with Crippen molar-refractivity contribution in [1.29, 1.82) is 0 Å². The van der Waals surface area contributed by atoms with Crippen LogP contribution in [0.5, 0.6) is 11.5 Å². The monoisotopic (exact) mass is 1150 g/mol. The molecule has 0 amide bonds. The van der Waals surface area contributed by atoms with Crippen LogP contribution in [0.4, 0.5) is 0 Å². The van der Waals surface area contributed by atoms with Gasteiger partial charge in [0.15, 0.2) is 46.6 Å². The van der Waals surface area contributed by atoms with E-state index in [0.717, 1.165) is 76.8 Å². The summed E-state index contributed by atoms with van der Waals surface area (Å²) in [6.45, 7) is 0. The maximum Gasteiger partial charge on any atom is 0.164 e. The van der Waals surface area contributed by atoms with Gasteiger partial charge in [-0.05, 0) is 12.1 Å². The molecule has 0 atom stereocenters. The number of ether oxygens (including phenoxy) is 1. The van der Waals surface area contributed by atoms with Crippen molar-refractivity contribution in [2.24, 2.45) is 0 Å². The molecule has 4 aliphatic heterocycles. The Kier molecular flexibility index (Phi) is 10.7. The van der Waals surface area contributed by atoms with Gasteiger partial charge in [0, 0.05) is 111 Å². The third-order valence-electron chi connectivity index (χ3n) is 15.3. The Hall–Kier alpha value is -10.7. The molecule has 16 bridgehead atoms. The summed E-state index contributed by atoms with van der Waals surface area (Å²) in [7, 11) is 0. The first-order valence-corrected chi connectivity index (χ1v) is 26.2. The number of benzene rings is 8. The Bertz CT molecular complexity index is 5170. The van der Waals surface area contributed by atoms with E-state index in [4.69, 9.17) is 64.5 Å². The van der Waals surface area contributed by atoms with Crippen LogP contribution in [0.15, 0.2) is 182 Å². The quantitative estimate of drug-likeness (QED) is 0.118. The fourth-order valence-corrected chi connectivity index (χ4v) is 11.6. The van der Waals surface area contributed by atoms with E-state index in [9.17, 15) is 0 Å². The minimum absolute atomic E-state index is 0. The SMILES string of the molecule is [Fe].[Fe].c1ccc2c(c1)-c1nc-2nc2[nH]c(nc3nc(nc4[nH]c(n1)c1ccccc41)-c1ccccc1-3)c1c(Oc3cccc4c5nc6nc(nc7[nH]c(nc8nc(nc([nH]5)c34)-c3ccccc3-8)c3ccccc73)-c3ccccc3-6)cccc21. The molecule has 4 N–H and O–H groups in total.